The third-order valence-corrected chi connectivity index (χ3v) is 5.55. The van der Waals surface area contributed by atoms with Crippen molar-refractivity contribution in [1.29, 1.82) is 0 Å². The highest BCUT2D eigenvalue weighted by molar-refractivity contribution is 7.22. The minimum absolute atomic E-state index is 0.137. The van der Waals surface area contributed by atoms with E-state index in [9.17, 15) is 9.59 Å². The normalized spacial score (nSPS) is 17.7. The molecule has 2 aromatic carbocycles. The van der Waals surface area contributed by atoms with Crippen LogP contribution in [0.25, 0.3) is 10.2 Å². The van der Waals surface area contributed by atoms with Crippen molar-refractivity contribution < 1.29 is 9.59 Å². The predicted octanol–water partition coefficient (Wildman–Crippen LogP) is 4.04. The topological polar surface area (TPSA) is 50.3 Å². The van der Waals surface area contributed by atoms with Crippen LogP contribution in [0.15, 0.2) is 42.5 Å². The van der Waals surface area contributed by atoms with Crippen molar-refractivity contribution >= 4 is 38.5 Å². The van der Waals surface area contributed by atoms with Crippen LogP contribution in [0.1, 0.15) is 23.1 Å². The Morgan fingerprint density at radius 1 is 1.12 bits per heavy atom. The number of carbonyl (C=O) groups is 2. The molecule has 126 valence electrons. The Morgan fingerprint density at radius 3 is 2.72 bits per heavy atom. The number of hydrogen-bond donors (Lipinski definition) is 0. The summed E-state index contributed by atoms with van der Waals surface area (Å²) in [6.45, 7) is 4.03. The quantitative estimate of drug-likeness (QED) is 0.670. The van der Waals surface area contributed by atoms with Crippen LogP contribution in [0, 0.1) is 19.8 Å². The summed E-state index contributed by atoms with van der Waals surface area (Å²) >= 11 is 1.39. The Bertz CT molecular complexity index is 992. The number of aromatic nitrogens is 1. The molecule has 2 heterocycles. The van der Waals surface area contributed by atoms with Gasteiger partial charge in [0.1, 0.15) is 0 Å². The highest BCUT2D eigenvalue weighted by atomic mass is 32.1. The maximum atomic E-state index is 12.8. The largest absolute Gasteiger partial charge is 0.274 e. The van der Waals surface area contributed by atoms with E-state index in [2.05, 4.69) is 11.1 Å². The van der Waals surface area contributed by atoms with Crippen LogP contribution < -0.4 is 4.90 Å². The summed E-state index contributed by atoms with van der Waals surface area (Å²) in [5.74, 6) is -0.594. The average molecular weight is 350 g/mol. The number of nitrogens with zero attached hydrogens (tertiary/aromatic N) is 2. The van der Waals surface area contributed by atoms with Gasteiger partial charge in [0.05, 0.1) is 16.1 Å². The smallest absolute Gasteiger partial charge is 0.239 e. The number of rotatable bonds is 3. The van der Waals surface area contributed by atoms with Gasteiger partial charge in [0.15, 0.2) is 5.13 Å². The Hall–Kier alpha value is -2.53. The molecule has 2 amide bonds. The molecular formula is C20H18N2O2S. The van der Waals surface area contributed by atoms with Gasteiger partial charge in [-0.2, -0.15) is 0 Å². The van der Waals surface area contributed by atoms with Crippen molar-refractivity contribution in [3.63, 3.8) is 0 Å². The van der Waals surface area contributed by atoms with Crippen molar-refractivity contribution in [3.05, 3.63) is 59.2 Å². The van der Waals surface area contributed by atoms with E-state index in [4.69, 9.17) is 0 Å². The summed E-state index contributed by atoms with van der Waals surface area (Å²) < 4.78 is 0.989. The van der Waals surface area contributed by atoms with E-state index >= 15 is 0 Å². The molecule has 1 saturated heterocycles. The van der Waals surface area contributed by atoms with Gasteiger partial charge in [-0.15, -0.1) is 0 Å². The summed E-state index contributed by atoms with van der Waals surface area (Å²) in [7, 11) is 0. The summed E-state index contributed by atoms with van der Waals surface area (Å²) in [6, 6.07) is 14.1. The number of thiazole rings is 1. The minimum Gasteiger partial charge on any atom is -0.274 e. The van der Waals surface area contributed by atoms with Crippen LogP contribution in [0.3, 0.4) is 0 Å². The molecule has 0 radical (unpaired) electrons. The van der Waals surface area contributed by atoms with Crippen molar-refractivity contribution in [1.82, 2.24) is 4.98 Å². The van der Waals surface area contributed by atoms with Gasteiger partial charge in [0.2, 0.25) is 11.8 Å². The third kappa shape index (κ3) is 2.96. The predicted molar refractivity (Wildman–Crippen MR) is 99.8 cm³/mol. The van der Waals surface area contributed by atoms with Gasteiger partial charge in [0, 0.05) is 6.42 Å². The Labute approximate surface area is 150 Å². The highest BCUT2D eigenvalue weighted by Gasteiger charge is 2.40. The molecule has 0 spiro atoms. The van der Waals surface area contributed by atoms with Crippen molar-refractivity contribution in [2.45, 2.75) is 26.7 Å². The third-order valence-electron chi connectivity index (χ3n) is 4.53. The fourth-order valence-corrected chi connectivity index (χ4v) is 4.27. The number of aryl methyl sites for hydroxylation is 2. The first kappa shape index (κ1) is 16.0. The second kappa shape index (κ2) is 6.08. The van der Waals surface area contributed by atoms with Gasteiger partial charge in [-0.25, -0.2) is 9.88 Å². The minimum atomic E-state index is -0.303. The van der Waals surface area contributed by atoms with Crippen LogP contribution in [0.4, 0.5) is 5.13 Å². The van der Waals surface area contributed by atoms with Crippen LogP contribution in [-0.2, 0) is 16.0 Å². The molecule has 0 unspecified atom stereocenters. The fourth-order valence-electron chi connectivity index (χ4n) is 3.30. The summed E-state index contributed by atoms with van der Waals surface area (Å²) in [4.78, 5) is 31.1. The van der Waals surface area contributed by atoms with Gasteiger partial charge in [0.25, 0.3) is 0 Å². The Balaban J connectivity index is 1.62. The molecular weight excluding hydrogens is 332 g/mol. The molecule has 0 saturated carbocycles. The lowest BCUT2D eigenvalue weighted by Gasteiger charge is -2.11. The van der Waals surface area contributed by atoms with E-state index in [0.717, 1.165) is 26.9 Å². The maximum Gasteiger partial charge on any atom is 0.239 e. The van der Waals surface area contributed by atoms with Crippen LogP contribution >= 0.6 is 11.3 Å². The first-order valence-electron chi connectivity index (χ1n) is 8.31. The average Bonchev–Trinajstić information content (AvgIpc) is 3.07. The second-order valence-corrected chi connectivity index (χ2v) is 7.64. The molecule has 0 aliphatic carbocycles. The lowest BCUT2D eigenvalue weighted by molar-refractivity contribution is -0.122. The second-order valence-electron chi connectivity index (χ2n) is 6.63. The number of amides is 2. The highest BCUT2D eigenvalue weighted by Crippen LogP contribution is 2.34. The molecule has 25 heavy (non-hydrogen) atoms. The van der Waals surface area contributed by atoms with E-state index in [1.807, 2.05) is 50.2 Å². The zero-order chi connectivity index (χ0) is 17.6. The maximum absolute atomic E-state index is 12.8. The molecule has 0 bridgehead atoms. The van der Waals surface area contributed by atoms with Gasteiger partial charge in [-0.1, -0.05) is 47.2 Å². The fraction of sp³-hybridized carbons (Fsp3) is 0.250. The lowest BCUT2D eigenvalue weighted by Crippen LogP contribution is -2.30. The number of fused-ring (bicyclic) bond motifs is 1. The van der Waals surface area contributed by atoms with Crippen LogP contribution in [-0.4, -0.2) is 16.8 Å². The summed E-state index contributed by atoms with van der Waals surface area (Å²) in [5.41, 5.74) is 4.20. The van der Waals surface area contributed by atoms with Crippen molar-refractivity contribution in [2.24, 2.45) is 5.92 Å². The molecule has 1 aliphatic rings. The van der Waals surface area contributed by atoms with E-state index in [1.54, 1.807) is 0 Å². The number of benzene rings is 2. The molecule has 0 N–H and O–H groups in total. The number of hydrogen-bond acceptors (Lipinski definition) is 4. The molecule has 3 aromatic rings. The monoisotopic (exact) mass is 350 g/mol. The Morgan fingerprint density at radius 2 is 1.92 bits per heavy atom. The molecule has 1 atom stereocenters. The van der Waals surface area contributed by atoms with Crippen molar-refractivity contribution in [2.75, 3.05) is 4.90 Å². The van der Waals surface area contributed by atoms with Crippen LogP contribution in [0.2, 0.25) is 0 Å². The van der Waals surface area contributed by atoms with Gasteiger partial charge < -0.3 is 0 Å². The molecule has 1 aliphatic heterocycles. The molecule has 4 rings (SSSR count). The van der Waals surface area contributed by atoms with Gasteiger partial charge >= 0.3 is 0 Å². The number of imide groups is 1. The van der Waals surface area contributed by atoms with Gasteiger partial charge in [-0.3, -0.25) is 9.59 Å². The first-order chi connectivity index (χ1) is 12.0. The van der Waals surface area contributed by atoms with E-state index in [-0.39, 0.29) is 24.2 Å². The van der Waals surface area contributed by atoms with Crippen molar-refractivity contribution in [3.8, 4) is 0 Å². The van der Waals surface area contributed by atoms with Gasteiger partial charge in [-0.05, 0) is 43.5 Å². The molecule has 5 heteroatoms. The first-order valence-corrected chi connectivity index (χ1v) is 9.12. The summed E-state index contributed by atoms with van der Waals surface area (Å²) in [5, 5.41) is 0.488. The lowest BCUT2D eigenvalue weighted by atomic mass is 9.97. The van der Waals surface area contributed by atoms with E-state index in [0.29, 0.717) is 11.6 Å². The Kier molecular flexibility index (Phi) is 3.88. The van der Waals surface area contributed by atoms with E-state index in [1.165, 1.54) is 16.2 Å². The van der Waals surface area contributed by atoms with Crippen LogP contribution in [0.5, 0.6) is 0 Å². The van der Waals surface area contributed by atoms with E-state index < -0.39 is 0 Å². The zero-order valence-corrected chi connectivity index (χ0v) is 15.0. The SMILES string of the molecule is Cc1cccc(C[C@H]2CC(=O)N(c3nc4cc(C)ccc4s3)C2=O)c1. The zero-order valence-electron chi connectivity index (χ0n) is 14.2. The molecule has 1 fully saturated rings. The molecule has 4 nitrogen and oxygen atoms in total. The number of carbonyl (C=O) groups excluding carboxylic acids is 2. The number of anilines is 1. The standard InChI is InChI=1S/C20H18N2O2S/c1-12-4-3-5-14(8-12)10-15-11-18(23)22(19(15)24)20-21-16-9-13(2)6-7-17(16)25-20/h3-9,15H,10-11H2,1-2H3/t15-/m0/s1. The summed E-state index contributed by atoms with van der Waals surface area (Å²) in [6.07, 6.45) is 0.842. The molecule has 1 aromatic heterocycles.